The van der Waals surface area contributed by atoms with Crippen molar-refractivity contribution in [3.63, 3.8) is 0 Å². The molecule has 6 heteroatoms. The van der Waals surface area contributed by atoms with Gasteiger partial charge in [-0.05, 0) is 36.6 Å². The number of anilines is 1. The minimum Gasteiger partial charge on any atom is -0.366 e. The predicted molar refractivity (Wildman–Crippen MR) is 99.9 cm³/mol. The minimum atomic E-state index is -0.600. The standard InChI is InChI=1S/C21H19N3O3/c22-21(27)14-6-1-2-7-16(14)24-17-8-3-9-18(25)20(17)15(11-19(24)26)13-5-4-10-23-12-13/h1-2,4-7,10,12,15H,3,8-9,11H2,(H2,22,27). The second kappa shape index (κ2) is 6.79. The molecule has 0 saturated heterocycles. The molecule has 0 fully saturated rings. The van der Waals surface area contributed by atoms with Crippen molar-refractivity contribution in [3.8, 4) is 0 Å². The number of carbonyl (C=O) groups excluding carboxylic acids is 3. The normalized spacial score (nSPS) is 19.9. The summed E-state index contributed by atoms with van der Waals surface area (Å²) >= 11 is 0. The van der Waals surface area contributed by atoms with Crippen molar-refractivity contribution in [1.29, 1.82) is 0 Å². The number of hydrogen-bond donors (Lipinski definition) is 1. The fourth-order valence-electron chi connectivity index (χ4n) is 4.02. The van der Waals surface area contributed by atoms with Gasteiger partial charge in [0.25, 0.3) is 5.91 Å². The van der Waals surface area contributed by atoms with Gasteiger partial charge >= 0.3 is 0 Å². The van der Waals surface area contributed by atoms with Gasteiger partial charge in [0.1, 0.15) is 0 Å². The van der Waals surface area contributed by atoms with Crippen molar-refractivity contribution in [2.45, 2.75) is 31.6 Å². The van der Waals surface area contributed by atoms with E-state index >= 15 is 0 Å². The van der Waals surface area contributed by atoms with Gasteiger partial charge < -0.3 is 5.73 Å². The summed E-state index contributed by atoms with van der Waals surface area (Å²) < 4.78 is 0. The molecule has 1 atom stereocenters. The number of pyridine rings is 1. The number of nitrogens with two attached hydrogens (primary N) is 1. The predicted octanol–water partition coefficient (Wildman–Crippen LogP) is 2.71. The van der Waals surface area contributed by atoms with E-state index in [0.717, 1.165) is 5.56 Å². The van der Waals surface area contributed by atoms with Crippen molar-refractivity contribution >= 4 is 23.3 Å². The van der Waals surface area contributed by atoms with Crippen LogP contribution in [0.5, 0.6) is 0 Å². The lowest BCUT2D eigenvalue weighted by Crippen LogP contribution is -2.41. The van der Waals surface area contributed by atoms with Crippen molar-refractivity contribution in [2.75, 3.05) is 4.90 Å². The number of para-hydroxylation sites is 1. The SMILES string of the molecule is NC(=O)c1ccccc1N1C(=O)CC(c2cccnc2)C2=C1CCCC2=O. The van der Waals surface area contributed by atoms with Crippen LogP contribution in [0.3, 0.4) is 0 Å². The van der Waals surface area contributed by atoms with Crippen LogP contribution in [0.2, 0.25) is 0 Å². The second-order valence-electron chi connectivity index (χ2n) is 6.79. The summed E-state index contributed by atoms with van der Waals surface area (Å²) in [5.74, 6) is -0.992. The van der Waals surface area contributed by atoms with Gasteiger partial charge in [0, 0.05) is 42.4 Å². The zero-order chi connectivity index (χ0) is 19.0. The smallest absolute Gasteiger partial charge is 0.250 e. The molecule has 0 bridgehead atoms. The Bertz CT molecular complexity index is 966. The first-order valence-corrected chi connectivity index (χ1v) is 8.96. The molecule has 2 N–H and O–H groups in total. The molecule has 2 aromatic rings. The highest BCUT2D eigenvalue weighted by Gasteiger charge is 2.40. The summed E-state index contributed by atoms with van der Waals surface area (Å²) in [5.41, 5.74) is 8.44. The molecule has 1 aliphatic carbocycles. The number of benzene rings is 1. The maximum absolute atomic E-state index is 13.1. The number of primary amides is 1. The van der Waals surface area contributed by atoms with Crippen LogP contribution in [-0.2, 0) is 9.59 Å². The number of rotatable bonds is 3. The molecule has 2 aliphatic rings. The number of Topliss-reactive ketones (excluding diaryl/α,β-unsaturated/α-hetero) is 1. The molecular weight excluding hydrogens is 342 g/mol. The average Bonchev–Trinajstić information content (AvgIpc) is 2.68. The summed E-state index contributed by atoms with van der Waals surface area (Å²) in [7, 11) is 0. The van der Waals surface area contributed by atoms with Crippen molar-refractivity contribution in [2.24, 2.45) is 5.73 Å². The molecule has 0 spiro atoms. The molecule has 1 aromatic carbocycles. The minimum absolute atomic E-state index is 0.0548. The molecule has 27 heavy (non-hydrogen) atoms. The van der Waals surface area contributed by atoms with Crippen LogP contribution in [0.15, 0.2) is 60.1 Å². The maximum atomic E-state index is 13.1. The number of carbonyl (C=O) groups is 3. The molecule has 0 radical (unpaired) electrons. The number of nitrogens with zero attached hydrogens (tertiary/aromatic N) is 2. The topological polar surface area (TPSA) is 93.4 Å². The van der Waals surface area contributed by atoms with Gasteiger partial charge in [-0.25, -0.2) is 0 Å². The molecule has 1 aromatic heterocycles. The molecule has 136 valence electrons. The van der Waals surface area contributed by atoms with Gasteiger partial charge in [-0.1, -0.05) is 18.2 Å². The van der Waals surface area contributed by atoms with E-state index in [1.807, 2.05) is 12.1 Å². The highest BCUT2D eigenvalue weighted by Crippen LogP contribution is 2.43. The first-order chi connectivity index (χ1) is 13.1. The molecule has 1 unspecified atom stereocenters. The monoisotopic (exact) mass is 361 g/mol. The third-order valence-corrected chi connectivity index (χ3v) is 5.17. The molecule has 1 aliphatic heterocycles. The van der Waals surface area contributed by atoms with Gasteiger partial charge in [-0.3, -0.25) is 24.3 Å². The second-order valence-corrected chi connectivity index (χ2v) is 6.79. The molecule has 6 nitrogen and oxygen atoms in total. The third-order valence-electron chi connectivity index (χ3n) is 5.17. The highest BCUT2D eigenvalue weighted by atomic mass is 16.2. The Kier molecular flexibility index (Phi) is 4.32. The van der Waals surface area contributed by atoms with Gasteiger partial charge in [-0.2, -0.15) is 0 Å². The Morgan fingerprint density at radius 1 is 1.11 bits per heavy atom. The molecule has 2 heterocycles. The van der Waals surface area contributed by atoms with Crippen LogP contribution < -0.4 is 10.6 Å². The van der Waals surface area contributed by atoms with Gasteiger partial charge in [0.05, 0.1) is 11.3 Å². The van der Waals surface area contributed by atoms with Crippen LogP contribution >= 0.6 is 0 Å². The quantitative estimate of drug-likeness (QED) is 0.909. The van der Waals surface area contributed by atoms with E-state index in [1.165, 1.54) is 4.90 Å². The van der Waals surface area contributed by atoms with Crippen LogP contribution in [-0.4, -0.2) is 22.6 Å². The van der Waals surface area contributed by atoms with E-state index in [4.69, 9.17) is 5.73 Å². The Labute approximate surface area is 156 Å². The summed E-state index contributed by atoms with van der Waals surface area (Å²) in [6.45, 7) is 0. The molecule has 2 amide bonds. The first-order valence-electron chi connectivity index (χ1n) is 8.96. The van der Waals surface area contributed by atoms with E-state index in [9.17, 15) is 14.4 Å². The van der Waals surface area contributed by atoms with E-state index in [1.54, 1.807) is 36.7 Å². The van der Waals surface area contributed by atoms with Gasteiger partial charge in [-0.15, -0.1) is 0 Å². The average molecular weight is 361 g/mol. The Hall–Kier alpha value is -3.28. The number of hydrogen-bond acceptors (Lipinski definition) is 4. The summed E-state index contributed by atoms with van der Waals surface area (Å²) in [4.78, 5) is 43.5. The van der Waals surface area contributed by atoms with Crippen LogP contribution in [0, 0.1) is 0 Å². The Balaban J connectivity index is 1.90. The van der Waals surface area contributed by atoms with E-state index in [-0.39, 0.29) is 29.6 Å². The van der Waals surface area contributed by atoms with Crippen molar-refractivity contribution < 1.29 is 14.4 Å². The highest BCUT2D eigenvalue weighted by molar-refractivity contribution is 6.10. The van der Waals surface area contributed by atoms with Crippen molar-refractivity contribution in [1.82, 2.24) is 4.98 Å². The van der Waals surface area contributed by atoms with E-state index in [0.29, 0.717) is 36.2 Å². The number of aromatic nitrogens is 1. The van der Waals surface area contributed by atoms with Crippen LogP contribution in [0.1, 0.15) is 47.5 Å². The fourth-order valence-corrected chi connectivity index (χ4v) is 4.02. The number of ketones is 1. The molecular formula is C21H19N3O3. The van der Waals surface area contributed by atoms with Gasteiger partial charge in [0.2, 0.25) is 5.91 Å². The summed E-state index contributed by atoms with van der Waals surface area (Å²) in [6.07, 6.45) is 5.29. The lowest BCUT2D eigenvalue weighted by Gasteiger charge is -2.38. The molecule has 0 saturated carbocycles. The van der Waals surface area contributed by atoms with E-state index < -0.39 is 5.91 Å². The summed E-state index contributed by atoms with van der Waals surface area (Å²) in [6, 6.07) is 10.5. The van der Waals surface area contributed by atoms with Crippen molar-refractivity contribution in [3.05, 3.63) is 71.2 Å². The Morgan fingerprint density at radius 3 is 2.67 bits per heavy atom. The fraction of sp³-hybridized carbons (Fsp3) is 0.238. The third kappa shape index (κ3) is 2.93. The lowest BCUT2D eigenvalue weighted by atomic mass is 9.77. The summed E-state index contributed by atoms with van der Waals surface area (Å²) in [5, 5.41) is 0. The lowest BCUT2D eigenvalue weighted by molar-refractivity contribution is -0.119. The van der Waals surface area contributed by atoms with Crippen LogP contribution in [0.4, 0.5) is 5.69 Å². The zero-order valence-electron chi connectivity index (χ0n) is 14.7. The van der Waals surface area contributed by atoms with E-state index in [2.05, 4.69) is 4.98 Å². The first kappa shape index (κ1) is 17.1. The molecule has 4 rings (SSSR count). The number of amides is 2. The number of allylic oxidation sites excluding steroid dienone is 2. The van der Waals surface area contributed by atoms with Crippen LogP contribution in [0.25, 0.3) is 0 Å². The zero-order valence-corrected chi connectivity index (χ0v) is 14.7. The largest absolute Gasteiger partial charge is 0.366 e. The maximum Gasteiger partial charge on any atom is 0.250 e. The van der Waals surface area contributed by atoms with Gasteiger partial charge in [0.15, 0.2) is 5.78 Å². The Morgan fingerprint density at radius 2 is 1.93 bits per heavy atom.